The maximum Gasteiger partial charge on any atom is 0.138 e. The van der Waals surface area contributed by atoms with Crippen molar-refractivity contribution < 1.29 is 4.52 Å². The van der Waals surface area contributed by atoms with E-state index in [1.165, 1.54) is 0 Å². The molecule has 1 aromatic rings. The van der Waals surface area contributed by atoms with Crippen LogP contribution in [0.2, 0.25) is 0 Å². The van der Waals surface area contributed by atoms with Gasteiger partial charge in [-0.2, -0.15) is 0 Å². The molecule has 0 unspecified atom stereocenters. The van der Waals surface area contributed by atoms with Gasteiger partial charge in [-0.05, 0) is 0 Å². The van der Waals surface area contributed by atoms with E-state index in [4.69, 9.17) is 4.52 Å². The van der Waals surface area contributed by atoms with Crippen LogP contribution >= 0.6 is 15.9 Å². The van der Waals surface area contributed by atoms with Gasteiger partial charge in [-0.25, -0.2) is 0 Å². The summed E-state index contributed by atoms with van der Waals surface area (Å²) in [6, 6.07) is 1.74. The average Bonchev–Trinajstić information content (AvgIpc) is 2.19. The molecule has 0 aliphatic rings. The van der Waals surface area contributed by atoms with Gasteiger partial charge in [0.25, 0.3) is 0 Å². The SMILES string of the molecule is BrCCc1c[c]no1. The molecule has 0 aromatic carbocycles. The van der Waals surface area contributed by atoms with Gasteiger partial charge in [-0.15, -0.1) is 0 Å². The van der Waals surface area contributed by atoms with Gasteiger partial charge in [-0.1, -0.05) is 21.1 Å². The lowest BCUT2D eigenvalue weighted by Gasteiger charge is -1.82. The van der Waals surface area contributed by atoms with Gasteiger partial charge < -0.3 is 4.52 Å². The second kappa shape index (κ2) is 2.87. The van der Waals surface area contributed by atoms with Crippen molar-refractivity contribution in [1.82, 2.24) is 5.16 Å². The molecule has 43 valence electrons. The van der Waals surface area contributed by atoms with Gasteiger partial charge in [0.05, 0.1) is 0 Å². The van der Waals surface area contributed by atoms with Crippen molar-refractivity contribution in [3.8, 4) is 0 Å². The molecule has 2 nitrogen and oxygen atoms in total. The largest absolute Gasteiger partial charge is 0.361 e. The van der Waals surface area contributed by atoms with Gasteiger partial charge in [0.2, 0.25) is 0 Å². The van der Waals surface area contributed by atoms with Crippen LogP contribution in [0.25, 0.3) is 0 Å². The topological polar surface area (TPSA) is 26.0 Å². The summed E-state index contributed by atoms with van der Waals surface area (Å²) in [7, 11) is 0. The highest BCUT2D eigenvalue weighted by molar-refractivity contribution is 9.09. The Bertz CT molecular complexity index is 138. The van der Waals surface area contributed by atoms with Gasteiger partial charge in [0, 0.05) is 17.8 Å². The van der Waals surface area contributed by atoms with Gasteiger partial charge in [-0.3, -0.25) is 0 Å². The summed E-state index contributed by atoms with van der Waals surface area (Å²) in [6.45, 7) is 0. The van der Waals surface area contributed by atoms with Crippen molar-refractivity contribution in [2.75, 3.05) is 5.33 Å². The quantitative estimate of drug-likeness (QED) is 0.635. The number of aryl methyl sites for hydroxylation is 1. The predicted octanol–water partition coefficient (Wildman–Crippen LogP) is 1.41. The average molecular weight is 175 g/mol. The third kappa shape index (κ3) is 1.33. The summed E-state index contributed by atoms with van der Waals surface area (Å²) < 4.78 is 4.74. The van der Waals surface area contributed by atoms with E-state index in [-0.39, 0.29) is 0 Å². The molecular weight excluding hydrogens is 170 g/mol. The summed E-state index contributed by atoms with van der Waals surface area (Å²) in [5, 5.41) is 4.33. The third-order valence-electron chi connectivity index (χ3n) is 0.782. The van der Waals surface area contributed by atoms with Crippen LogP contribution in [0.15, 0.2) is 10.6 Å². The maximum absolute atomic E-state index is 4.74. The van der Waals surface area contributed by atoms with Crippen molar-refractivity contribution in [2.24, 2.45) is 0 Å². The fourth-order valence-electron chi connectivity index (χ4n) is 0.421. The minimum atomic E-state index is 0.877. The number of halogens is 1. The monoisotopic (exact) mass is 174 g/mol. The molecule has 1 rings (SSSR count). The molecule has 0 N–H and O–H groups in total. The van der Waals surface area contributed by atoms with Crippen LogP contribution in [0.5, 0.6) is 0 Å². The molecule has 0 aliphatic carbocycles. The molecule has 0 amide bonds. The van der Waals surface area contributed by atoms with E-state index in [1.54, 1.807) is 6.07 Å². The molecule has 0 atom stereocenters. The Morgan fingerprint density at radius 3 is 3.25 bits per heavy atom. The van der Waals surface area contributed by atoms with Crippen molar-refractivity contribution >= 4 is 15.9 Å². The highest BCUT2D eigenvalue weighted by Crippen LogP contribution is 1.98. The van der Waals surface area contributed by atoms with Crippen LogP contribution in [0.4, 0.5) is 0 Å². The molecular formula is C5H5BrNO. The first-order chi connectivity index (χ1) is 3.93. The molecule has 0 saturated heterocycles. The molecule has 0 bridgehead atoms. The lowest BCUT2D eigenvalue weighted by atomic mass is 10.4. The number of aromatic nitrogens is 1. The Labute approximate surface area is 56.0 Å². The zero-order valence-electron chi connectivity index (χ0n) is 4.22. The van der Waals surface area contributed by atoms with Crippen molar-refractivity contribution in [2.45, 2.75) is 6.42 Å². The molecule has 1 aromatic heterocycles. The van der Waals surface area contributed by atoms with Gasteiger partial charge in [0.1, 0.15) is 12.0 Å². The summed E-state index contributed by atoms with van der Waals surface area (Å²) in [5.74, 6) is 0.877. The number of rotatable bonds is 2. The first kappa shape index (κ1) is 5.82. The predicted molar refractivity (Wildman–Crippen MR) is 32.8 cm³/mol. The summed E-state index contributed by atoms with van der Waals surface area (Å²) in [6.07, 6.45) is 3.46. The van der Waals surface area contributed by atoms with Crippen LogP contribution in [-0.4, -0.2) is 10.5 Å². The van der Waals surface area contributed by atoms with E-state index < -0.39 is 0 Å². The third-order valence-corrected chi connectivity index (χ3v) is 1.18. The summed E-state index contributed by atoms with van der Waals surface area (Å²) >= 11 is 3.27. The summed E-state index contributed by atoms with van der Waals surface area (Å²) in [4.78, 5) is 0. The molecule has 0 saturated carbocycles. The zero-order chi connectivity index (χ0) is 5.82. The zero-order valence-corrected chi connectivity index (χ0v) is 5.81. The van der Waals surface area contributed by atoms with E-state index in [1.807, 2.05) is 0 Å². The van der Waals surface area contributed by atoms with Crippen LogP contribution in [0, 0.1) is 6.20 Å². The fourth-order valence-corrected chi connectivity index (χ4v) is 0.811. The number of alkyl halides is 1. The van der Waals surface area contributed by atoms with Crippen LogP contribution in [0.1, 0.15) is 5.76 Å². The molecule has 0 fully saturated rings. The minimum Gasteiger partial charge on any atom is -0.361 e. The van der Waals surface area contributed by atoms with E-state index in [0.717, 1.165) is 17.5 Å². The lowest BCUT2D eigenvalue weighted by molar-refractivity contribution is 0.386. The highest BCUT2D eigenvalue weighted by atomic mass is 79.9. The Balaban J connectivity index is 2.50. The van der Waals surface area contributed by atoms with E-state index in [2.05, 4.69) is 27.3 Å². The molecule has 8 heavy (non-hydrogen) atoms. The van der Waals surface area contributed by atoms with Crippen molar-refractivity contribution in [3.05, 3.63) is 18.0 Å². The molecule has 1 radical (unpaired) electrons. The van der Waals surface area contributed by atoms with E-state index in [9.17, 15) is 0 Å². The lowest BCUT2D eigenvalue weighted by Crippen LogP contribution is -1.78. The van der Waals surface area contributed by atoms with Crippen LogP contribution in [-0.2, 0) is 6.42 Å². The molecule has 1 heterocycles. The minimum absolute atomic E-state index is 0.877. The second-order valence-electron chi connectivity index (χ2n) is 1.36. The number of nitrogens with zero attached hydrogens (tertiary/aromatic N) is 1. The molecule has 3 heteroatoms. The van der Waals surface area contributed by atoms with E-state index in [0.29, 0.717) is 0 Å². The van der Waals surface area contributed by atoms with Crippen LogP contribution < -0.4 is 0 Å². The normalized spacial score (nSPS) is 9.62. The number of hydrogen-bond acceptors (Lipinski definition) is 2. The first-order valence-electron chi connectivity index (χ1n) is 2.31. The van der Waals surface area contributed by atoms with Crippen LogP contribution in [0.3, 0.4) is 0 Å². The van der Waals surface area contributed by atoms with Crippen molar-refractivity contribution in [3.63, 3.8) is 0 Å². The Hall–Kier alpha value is -0.310. The van der Waals surface area contributed by atoms with E-state index >= 15 is 0 Å². The van der Waals surface area contributed by atoms with Gasteiger partial charge in [0.15, 0.2) is 0 Å². The maximum atomic E-state index is 4.74. The standard InChI is InChI=1S/C5H5BrNO/c6-3-1-5-2-4-7-8-5/h2H,1,3H2. The highest BCUT2D eigenvalue weighted by Gasteiger charge is 1.92. The fraction of sp³-hybridized carbons (Fsp3) is 0.400. The Morgan fingerprint density at radius 2 is 2.75 bits per heavy atom. The molecule has 0 aliphatic heterocycles. The molecule has 0 spiro atoms. The Kier molecular flexibility index (Phi) is 2.09. The van der Waals surface area contributed by atoms with Crippen molar-refractivity contribution in [1.29, 1.82) is 0 Å². The smallest absolute Gasteiger partial charge is 0.138 e. The Morgan fingerprint density at radius 1 is 1.88 bits per heavy atom. The summed E-state index contributed by atoms with van der Waals surface area (Å²) in [5.41, 5.74) is 0. The first-order valence-corrected chi connectivity index (χ1v) is 3.43. The van der Waals surface area contributed by atoms with Gasteiger partial charge >= 0.3 is 0 Å². The second-order valence-corrected chi connectivity index (χ2v) is 2.15. The number of hydrogen-bond donors (Lipinski definition) is 0.